The molecule has 1 unspecified atom stereocenters. The Labute approximate surface area is 107 Å². The van der Waals surface area contributed by atoms with E-state index in [-0.39, 0.29) is 17.9 Å². The van der Waals surface area contributed by atoms with Gasteiger partial charge in [-0.05, 0) is 45.2 Å². The fourth-order valence-electron chi connectivity index (χ4n) is 2.68. The lowest BCUT2D eigenvalue weighted by atomic mass is 10.1. The predicted molar refractivity (Wildman–Crippen MR) is 72.3 cm³/mol. The first-order valence-corrected chi connectivity index (χ1v) is 7.27. The van der Waals surface area contributed by atoms with Crippen molar-refractivity contribution in [3.05, 3.63) is 21.4 Å². The van der Waals surface area contributed by atoms with Crippen LogP contribution in [0.5, 0.6) is 0 Å². The lowest BCUT2D eigenvalue weighted by Crippen LogP contribution is -2.31. The van der Waals surface area contributed by atoms with Gasteiger partial charge in [-0.1, -0.05) is 12.8 Å². The molecular formula is C14H21NOS. The fourth-order valence-corrected chi connectivity index (χ4v) is 3.70. The third kappa shape index (κ3) is 2.89. The van der Waals surface area contributed by atoms with Crippen LogP contribution in [0.1, 0.15) is 54.0 Å². The van der Waals surface area contributed by atoms with Gasteiger partial charge in [0.05, 0.1) is 6.04 Å². The van der Waals surface area contributed by atoms with E-state index in [0.717, 1.165) is 12.8 Å². The zero-order valence-electron chi connectivity index (χ0n) is 10.9. The minimum Gasteiger partial charge on any atom is -0.349 e. The van der Waals surface area contributed by atoms with Crippen LogP contribution < -0.4 is 5.32 Å². The maximum absolute atomic E-state index is 12.0. The van der Waals surface area contributed by atoms with Gasteiger partial charge in [0, 0.05) is 15.7 Å². The molecule has 1 amide bonds. The van der Waals surface area contributed by atoms with Crippen LogP contribution in [0.3, 0.4) is 0 Å². The van der Waals surface area contributed by atoms with E-state index in [1.165, 1.54) is 28.2 Å². The average Bonchev–Trinajstić information content (AvgIpc) is 2.87. The maximum atomic E-state index is 12.0. The normalized spacial score (nSPS) is 18.3. The summed E-state index contributed by atoms with van der Waals surface area (Å²) in [6, 6.07) is 2.34. The van der Waals surface area contributed by atoms with Gasteiger partial charge in [0.15, 0.2) is 0 Å². The number of hydrogen-bond acceptors (Lipinski definition) is 2. The zero-order chi connectivity index (χ0) is 12.4. The summed E-state index contributed by atoms with van der Waals surface area (Å²) < 4.78 is 0. The molecule has 0 radical (unpaired) electrons. The summed E-state index contributed by atoms with van der Waals surface area (Å²) in [5.41, 5.74) is 1.28. The first-order valence-electron chi connectivity index (χ1n) is 6.45. The van der Waals surface area contributed by atoms with Crippen LogP contribution in [0.2, 0.25) is 0 Å². The van der Waals surface area contributed by atoms with Gasteiger partial charge < -0.3 is 5.32 Å². The van der Waals surface area contributed by atoms with Crippen LogP contribution in [0.15, 0.2) is 6.07 Å². The Hall–Kier alpha value is -0.830. The molecule has 1 heterocycles. The Kier molecular flexibility index (Phi) is 3.87. The van der Waals surface area contributed by atoms with E-state index < -0.39 is 0 Å². The zero-order valence-corrected chi connectivity index (χ0v) is 11.7. The van der Waals surface area contributed by atoms with Crippen LogP contribution >= 0.6 is 11.3 Å². The molecule has 1 aliphatic rings. The molecule has 1 saturated carbocycles. The molecule has 0 saturated heterocycles. The summed E-state index contributed by atoms with van der Waals surface area (Å²) in [6.07, 6.45) is 4.56. The van der Waals surface area contributed by atoms with Crippen LogP contribution in [0.25, 0.3) is 0 Å². The first kappa shape index (κ1) is 12.6. The molecule has 1 atom stereocenters. The minimum absolute atomic E-state index is 0.146. The van der Waals surface area contributed by atoms with Gasteiger partial charge in [0.2, 0.25) is 5.91 Å². The average molecular weight is 251 g/mol. The van der Waals surface area contributed by atoms with Gasteiger partial charge in [0.25, 0.3) is 0 Å². The van der Waals surface area contributed by atoms with E-state index in [1.807, 2.05) is 0 Å². The van der Waals surface area contributed by atoms with Crippen LogP contribution in [-0.2, 0) is 4.79 Å². The van der Waals surface area contributed by atoms with Crippen LogP contribution in [-0.4, -0.2) is 5.91 Å². The molecule has 2 nitrogen and oxygen atoms in total. The molecule has 1 aliphatic carbocycles. The lowest BCUT2D eigenvalue weighted by Gasteiger charge is -2.17. The van der Waals surface area contributed by atoms with Gasteiger partial charge in [-0.25, -0.2) is 0 Å². The molecule has 2 rings (SSSR count). The van der Waals surface area contributed by atoms with Gasteiger partial charge in [-0.15, -0.1) is 11.3 Å². The number of carbonyl (C=O) groups excluding carboxylic acids is 1. The van der Waals surface area contributed by atoms with Crippen molar-refractivity contribution in [3.8, 4) is 0 Å². The third-order valence-electron chi connectivity index (χ3n) is 3.63. The van der Waals surface area contributed by atoms with E-state index in [4.69, 9.17) is 0 Å². The van der Waals surface area contributed by atoms with Gasteiger partial charge >= 0.3 is 0 Å². The number of nitrogens with one attached hydrogen (secondary N) is 1. The van der Waals surface area contributed by atoms with E-state index >= 15 is 0 Å². The number of carbonyl (C=O) groups is 1. The summed E-state index contributed by atoms with van der Waals surface area (Å²) in [7, 11) is 0. The second-order valence-electron chi connectivity index (χ2n) is 5.08. The second kappa shape index (κ2) is 5.21. The van der Waals surface area contributed by atoms with Gasteiger partial charge in [-0.2, -0.15) is 0 Å². The third-order valence-corrected chi connectivity index (χ3v) is 4.61. The summed E-state index contributed by atoms with van der Waals surface area (Å²) in [5.74, 6) is 0.510. The topological polar surface area (TPSA) is 29.1 Å². The van der Waals surface area contributed by atoms with Crippen molar-refractivity contribution >= 4 is 17.2 Å². The highest BCUT2D eigenvalue weighted by Gasteiger charge is 2.24. The molecular weight excluding hydrogens is 230 g/mol. The Morgan fingerprint density at radius 2 is 2.06 bits per heavy atom. The first-order chi connectivity index (χ1) is 8.08. The number of rotatable bonds is 3. The summed E-state index contributed by atoms with van der Waals surface area (Å²) in [4.78, 5) is 14.7. The molecule has 0 spiro atoms. The fraction of sp³-hybridized carbons (Fsp3) is 0.643. The van der Waals surface area contributed by atoms with Crippen molar-refractivity contribution < 1.29 is 4.79 Å². The SMILES string of the molecule is Cc1cc(C(C)NC(=O)C2CCCC2)c(C)s1. The molecule has 1 aromatic rings. The molecule has 0 bridgehead atoms. The highest BCUT2D eigenvalue weighted by Crippen LogP contribution is 2.28. The Balaban J connectivity index is 1.98. The molecule has 1 fully saturated rings. The second-order valence-corrected chi connectivity index (χ2v) is 6.54. The molecule has 3 heteroatoms. The summed E-state index contributed by atoms with van der Waals surface area (Å²) >= 11 is 1.81. The standard InChI is InChI=1S/C14H21NOS/c1-9-8-13(11(3)17-9)10(2)15-14(16)12-6-4-5-7-12/h8,10,12H,4-7H2,1-3H3,(H,15,16). The molecule has 0 aromatic carbocycles. The highest BCUT2D eigenvalue weighted by atomic mass is 32.1. The molecule has 17 heavy (non-hydrogen) atoms. The van der Waals surface area contributed by atoms with Gasteiger partial charge in [0.1, 0.15) is 0 Å². The van der Waals surface area contributed by atoms with Crippen molar-refractivity contribution in [1.29, 1.82) is 0 Å². The molecule has 94 valence electrons. The number of hydrogen-bond donors (Lipinski definition) is 1. The van der Waals surface area contributed by atoms with E-state index in [2.05, 4.69) is 32.2 Å². The molecule has 1 aromatic heterocycles. The Morgan fingerprint density at radius 3 is 2.59 bits per heavy atom. The Morgan fingerprint density at radius 1 is 1.41 bits per heavy atom. The largest absolute Gasteiger partial charge is 0.349 e. The predicted octanol–water partition coefficient (Wildman–Crippen LogP) is 3.73. The highest BCUT2D eigenvalue weighted by molar-refractivity contribution is 7.12. The monoisotopic (exact) mass is 251 g/mol. The van der Waals surface area contributed by atoms with E-state index in [9.17, 15) is 4.79 Å². The van der Waals surface area contributed by atoms with E-state index in [1.54, 1.807) is 11.3 Å². The summed E-state index contributed by atoms with van der Waals surface area (Å²) in [6.45, 7) is 6.33. The maximum Gasteiger partial charge on any atom is 0.223 e. The van der Waals surface area contributed by atoms with Crippen LogP contribution in [0.4, 0.5) is 0 Å². The van der Waals surface area contributed by atoms with Crippen molar-refractivity contribution in [2.45, 2.75) is 52.5 Å². The lowest BCUT2D eigenvalue weighted by molar-refractivity contribution is -0.125. The number of amides is 1. The summed E-state index contributed by atoms with van der Waals surface area (Å²) in [5, 5.41) is 3.16. The smallest absolute Gasteiger partial charge is 0.223 e. The van der Waals surface area contributed by atoms with E-state index in [0.29, 0.717) is 0 Å². The Bertz CT molecular complexity index is 404. The molecule has 0 aliphatic heterocycles. The van der Waals surface area contributed by atoms with Gasteiger partial charge in [-0.3, -0.25) is 4.79 Å². The van der Waals surface area contributed by atoms with Crippen LogP contribution in [0, 0.1) is 19.8 Å². The van der Waals surface area contributed by atoms with Crippen molar-refractivity contribution in [1.82, 2.24) is 5.32 Å². The molecule has 1 N–H and O–H groups in total. The quantitative estimate of drug-likeness (QED) is 0.871. The number of thiophene rings is 1. The van der Waals surface area contributed by atoms with Crippen molar-refractivity contribution in [2.24, 2.45) is 5.92 Å². The number of aryl methyl sites for hydroxylation is 2. The van der Waals surface area contributed by atoms with Crippen molar-refractivity contribution in [3.63, 3.8) is 0 Å². The minimum atomic E-state index is 0.146. The van der Waals surface area contributed by atoms with Crippen molar-refractivity contribution in [2.75, 3.05) is 0 Å².